The summed E-state index contributed by atoms with van der Waals surface area (Å²) in [6.07, 6.45) is 0. The quantitative estimate of drug-likeness (QED) is 0.654. The van der Waals surface area contributed by atoms with E-state index in [2.05, 4.69) is 0 Å². The summed E-state index contributed by atoms with van der Waals surface area (Å²) in [5, 5.41) is 10.8. The van der Waals surface area contributed by atoms with Gasteiger partial charge in [-0.1, -0.05) is 0 Å². The maximum absolute atomic E-state index is 13.4. The van der Waals surface area contributed by atoms with Crippen LogP contribution in [-0.4, -0.2) is 43.9 Å². The highest BCUT2D eigenvalue weighted by atomic mass is 32.2. The van der Waals surface area contributed by atoms with Gasteiger partial charge in [0.15, 0.2) is 0 Å². The lowest BCUT2D eigenvalue weighted by molar-refractivity contribution is -0.386. The van der Waals surface area contributed by atoms with Crippen molar-refractivity contribution in [1.29, 1.82) is 0 Å². The molecule has 0 unspecified atom stereocenters. The predicted octanol–water partition coefficient (Wildman–Crippen LogP) is 0.862. The van der Waals surface area contributed by atoms with Gasteiger partial charge in [-0.05, 0) is 0 Å². The molecule has 0 spiro atoms. The molecule has 0 bridgehead atoms. The number of hydrogen-bond donors (Lipinski definition) is 1. The second kappa shape index (κ2) is 5.87. The van der Waals surface area contributed by atoms with E-state index in [4.69, 9.17) is 4.74 Å². The molecule has 0 aliphatic carbocycles. The number of nitrogens with one attached hydrogen (secondary N) is 1. The van der Waals surface area contributed by atoms with Crippen LogP contribution in [0, 0.1) is 21.7 Å². The number of hydrogen-bond acceptors (Lipinski definition) is 5. The molecule has 1 aromatic rings. The van der Waals surface area contributed by atoms with E-state index in [0.29, 0.717) is 12.1 Å². The van der Waals surface area contributed by atoms with E-state index in [1.165, 1.54) is 0 Å². The van der Waals surface area contributed by atoms with E-state index in [1.807, 2.05) is 4.72 Å². The Morgan fingerprint density at radius 1 is 1.29 bits per heavy atom. The molecule has 1 aliphatic heterocycles. The number of nitrogens with zero attached hydrogens (tertiary/aromatic N) is 2. The number of rotatable bonds is 4. The summed E-state index contributed by atoms with van der Waals surface area (Å²) in [4.78, 5) is 9.67. The van der Waals surface area contributed by atoms with Crippen LogP contribution in [0.2, 0.25) is 0 Å². The highest BCUT2D eigenvalue weighted by Gasteiger charge is 2.29. The van der Waals surface area contributed by atoms with Crippen LogP contribution in [0.25, 0.3) is 0 Å². The monoisotopic (exact) mass is 323 g/mol. The zero-order valence-corrected chi connectivity index (χ0v) is 11.4. The number of halogens is 2. The number of ether oxygens (including phenoxy) is 1. The van der Waals surface area contributed by atoms with Crippen LogP contribution in [0.5, 0.6) is 0 Å². The highest BCUT2D eigenvalue weighted by molar-refractivity contribution is 7.90. The molecule has 1 aromatic carbocycles. The largest absolute Gasteiger partial charge is 0.379 e. The third-order valence-corrected chi connectivity index (χ3v) is 4.28. The first-order chi connectivity index (χ1) is 9.81. The molecular formula is C10H11F2N3O5S. The summed E-state index contributed by atoms with van der Waals surface area (Å²) in [5.74, 6) is -2.59. The van der Waals surface area contributed by atoms with Crippen molar-refractivity contribution in [3.8, 4) is 0 Å². The fourth-order valence-electron chi connectivity index (χ4n) is 1.82. The average Bonchev–Trinajstić information content (AvgIpc) is 2.37. The van der Waals surface area contributed by atoms with E-state index in [-0.39, 0.29) is 26.3 Å². The maximum atomic E-state index is 13.4. The van der Waals surface area contributed by atoms with E-state index < -0.39 is 38.1 Å². The molecule has 11 heteroatoms. The van der Waals surface area contributed by atoms with Crippen molar-refractivity contribution >= 4 is 21.6 Å². The van der Waals surface area contributed by atoms with E-state index in [0.717, 1.165) is 4.31 Å². The van der Waals surface area contributed by atoms with Gasteiger partial charge in [0, 0.05) is 25.2 Å². The third kappa shape index (κ3) is 3.43. The number of nitro benzene ring substituents is 1. The van der Waals surface area contributed by atoms with Crippen LogP contribution in [0.4, 0.5) is 20.2 Å². The molecule has 1 aliphatic rings. The molecule has 1 N–H and O–H groups in total. The van der Waals surface area contributed by atoms with Crippen molar-refractivity contribution in [2.45, 2.75) is 0 Å². The number of nitro groups is 1. The zero-order valence-electron chi connectivity index (χ0n) is 10.6. The SMILES string of the molecule is O=[N+]([O-])c1c(F)cc(F)cc1NS(=O)(=O)N1CCOCC1. The van der Waals surface area contributed by atoms with Crippen LogP contribution in [-0.2, 0) is 14.9 Å². The molecule has 1 heterocycles. The molecular weight excluding hydrogens is 312 g/mol. The smallest absolute Gasteiger partial charge is 0.328 e. The minimum absolute atomic E-state index is 0.0426. The molecule has 0 amide bonds. The van der Waals surface area contributed by atoms with Gasteiger partial charge in [0.25, 0.3) is 0 Å². The van der Waals surface area contributed by atoms with Crippen molar-refractivity contribution in [2.75, 3.05) is 31.0 Å². The van der Waals surface area contributed by atoms with Gasteiger partial charge in [-0.3, -0.25) is 14.8 Å². The fraction of sp³-hybridized carbons (Fsp3) is 0.400. The summed E-state index contributed by atoms with van der Waals surface area (Å²) >= 11 is 0. The standard InChI is InChI=1S/C10H11F2N3O5S/c11-7-5-8(12)10(15(16)17)9(6-7)13-21(18,19)14-1-3-20-4-2-14/h5-6,13H,1-4H2. The van der Waals surface area contributed by atoms with Crippen molar-refractivity contribution in [2.24, 2.45) is 0 Å². The molecule has 0 saturated carbocycles. The van der Waals surface area contributed by atoms with Crippen LogP contribution >= 0.6 is 0 Å². The summed E-state index contributed by atoms with van der Waals surface area (Å²) < 4.78 is 58.5. The van der Waals surface area contributed by atoms with Crippen molar-refractivity contribution in [3.63, 3.8) is 0 Å². The Hall–Kier alpha value is -1.85. The molecule has 21 heavy (non-hydrogen) atoms. The van der Waals surface area contributed by atoms with Crippen molar-refractivity contribution in [3.05, 3.63) is 33.9 Å². The number of benzene rings is 1. The van der Waals surface area contributed by atoms with Gasteiger partial charge in [-0.25, -0.2) is 4.39 Å². The Morgan fingerprint density at radius 3 is 2.48 bits per heavy atom. The van der Waals surface area contributed by atoms with Crippen LogP contribution in [0.15, 0.2) is 12.1 Å². The molecule has 8 nitrogen and oxygen atoms in total. The molecule has 116 valence electrons. The summed E-state index contributed by atoms with van der Waals surface area (Å²) in [6, 6.07) is 0.865. The van der Waals surface area contributed by atoms with Gasteiger partial charge < -0.3 is 4.74 Å². The number of morpholine rings is 1. The second-order valence-corrected chi connectivity index (χ2v) is 5.83. The Balaban J connectivity index is 2.36. The van der Waals surface area contributed by atoms with Crippen LogP contribution < -0.4 is 4.72 Å². The minimum Gasteiger partial charge on any atom is -0.379 e. The van der Waals surface area contributed by atoms with Crippen molar-refractivity contribution in [1.82, 2.24) is 4.31 Å². The molecule has 1 fully saturated rings. The predicted molar refractivity (Wildman–Crippen MR) is 67.9 cm³/mol. The summed E-state index contributed by atoms with van der Waals surface area (Å²) in [5.41, 5.74) is -1.89. The first-order valence-electron chi connectivity index (χ1n) is 5.80. The van der Waals surface area contributed by atoms with Crippen LogP contribution in [0.3, 0.4) is 0 Å². The summed E-state index contributed by atoms with van der Waals surface area (Å²) in [6.45, 7) is 0.420. The molecule has 1 saturated heterocycles. The zero-order chi connectivity index (χ0) is 15.6. The summed E-state index contributed by atoms with van der Waals surface area (Å²) in [7, 11) is -4.16. The topological polar surface area (TPSA) is 102 Å². The third-order valence-electron chi connectivity index (χ3n) is 2.76. The van der Waals surface area contributed by atoms with Crippen LogP contribution in [0.1, 0.15) is 0 Å². The molecule has 2 rings (SSSR count). The maximum Gasteiger partial charge on any atom is 0.328 e. The van der Waals surface area contributed by atoms with Gasteiger partial charge in [0.1, 0.15) is 11.5 Å². The first-order valence-corrected chi connectivity index (χ1v) is 7.24. The van der Waals surface area contributed by atoms with Gasteiger partial charge >= 0.3 is 15.9 Å². The fourth-order valence-corrected chi connectivity index (χ4v) is 3.01. The highest BCUT2D eigenvalue weighted by Crippen LogP contribution is 2.30. The average molecular weight is 323 g/mol. The van der Waals surface area contributed by atoms with E-state index >= 15 is 0 Å². The van der Waals surface area contributed by atoms with Crippen molar-refractivity contribution < 1.29 is 26.9 Å². The Labute approximate surface area is 118 Å². The Bertz CT molecular complexity index is 661. The molecule has 0 aromatic heterocycles. The lowest BCUT2D eigenvalue weighted by atomic mass is 10.2. The lowest BCUT2D eigenvalue weighted by Crippen LogP contribution is -2.43. The first kappa shape index (κ1) is 15.5. The Morgan fingerprint density at radius 2 is 1.90 bits per heavy atom. The van der Waals surface area contributed by atoms with E-state index in [1.54, 1.807) is 0 Å². The number of anilines is 1. The van der Waals surface area contributed by atoms with Gasteiger partial charge in [0.2, 0.25) is 5.82 Å². The molecule has 0 atom stereocenters. The Kier molecular flexibility index (Phi) is 4.34. The van der Waals surface area contributed by atoms with Gasteiger partial charge in [0.05, 0.1) is 18.1 Å². The second-order valence-electron chi connectivity index (χ2n) is 4.16. The van der Waals surface area contributed by atoms with Gasteiger partial charge in [-0.2, -0.15) is 17.1 Å². The van der Waals surface area contributed by atoms with E-state index in [9.17, 15) is 27.3 Å². The lowest BCUT2D eigenvalue weighted by Gasteiger charge is -2.26. The van der Waals surface area contributed by atoms with Gasteiger partial charge in [-0.15, -0.1) is 0 Å². The molecule has 0 radical (unpaired) electrons. The normalized spacial score (nSPS) is 16.7. The minimum atomic E-state index is -4.16.